The highest BCUT2D eigenvalue weighted by atomic mass is 19.1. The van der Waals surface area contributed by atoms with E-state index in [9.17, 15) is 9.50 Å². The molecule has 0 saturated carbocycles. The van der Waals surface area contributed by atoms with E-state index >= 15 is 0 Å². The smallest absolute Gasteiger partial charge is 0.146 e. The molecule has 0 aliphatic carbocycles. The molecule has 1 N–H and O–H groups in total. The average molecular weight is 280 g/mol. The van der Waals surface area contributed by atoms with Crippen LogP contribution in [0.2, 0.25) is 0 Å². The first-order chi connectivity index (χ1) is 9.58. The summed E-state index contributed by atoms with van der Waals surface area (Å²) in [5.41, 5.74) is 0.674. The van der Waals surface area contributed by atoms with Crippen molar-refractivity contribution >= 4 is 5.69 Å². The van der Waals surface area contributed by atoms with Crippen molar-refractivity contribution in [1.29, 1.82) is 0 Å². The van der Waals surface area contributed by atoms with E-state index in [4.69, 9.17) is 0 Å². The molecule has 1 saturated heterocycles. The minimum Gasteiger partial charge on any atom is -0.396 e. The van der Waals surface area contributed by atoms with Crippen LogP contribution in [0.3, 0.4) is 0 Å². The molecule has 0 aromatic heterocycles. The molecule has 20 heavy (non-hydrogen) atoms. The Morgan fingerprint density at radius 2 is 1.85 bits per heavy atom. The molecule has 0 spiro atoms. The summed E-state index contributed by atoms with van der Waals surface area (Å²) in [6, 6.07) is 6.96. The summed E-state index contributed by atoms with van der Waals surface area (Å²) in [6.07, 6.45) is 0.969. The first-order valence-electron chi connectivity index (χ1n) is 7.41. The number of para-hydroxylation sites is 1. The average Bonchev–Trinajstić information content (AvgIpc) is 2.49. The van der Waals surface area contributed by atoms with Gasteiger partial charge in [0.05, 0.1) is 5.69 Å². The van der Waals surface area contributed by atoms with Crippen LogP contribution in [-0.2, 0) is 0 Å². The minimum absolute atomic E-state index is 0.0276. The van der Waals surface area contributed by atoms with Gasteiger partial charge in [-0.2, -0.15) is 0 Å². The zero-order valence-corrected chi connectivity index (χ0v) is 12.5. The van der Waals surface area contributed by atoms with Gasteiger partial charge in [-0.15, -0.1) is 0 Å². The van der Waals surface area contributed by atoms with Gasteiger partial charge in [-0.25, -0.2) is 4.39 Å². The molecule has 1 fully saturated rings. The van der Waals surface area contributed by atoms with Crippen molar-refractivity contribution in [3.8, 4) is 0 Å². The van der Waals surface area contributed by atoms with Gasteiger partial charge in [0.15, 0.2) is 0 Å². The molecule has 2 rings (SSSR count). The molecule has 0 radical (unpaired) electrons. The summed E-state index contributed by atoms with van der Waals surface area (Å²) in [5, 5.41) is 9.50. The van der Waals surface area contributed by atoms with E-state index in [1.807, 2.05) is 12.1 Å². The van der Waals surface area contributed by atoms with Crippen LogP contribution in [0.15, 0.2) is 24.3 Å². The monoisotopic (exact) mass is 280 g/mol. The second kappa shape index (κ2) is 6.55. The summed E-state index contributed by atoms with van der Waals surface area (Å²) in [7, 11) is 0. The number of hydrogen-bond acceptors (Lipinski definition) is 3. The van der Waals surface area contributed by atoms with Gasteiger partial charge in [-0.1, -0.05) is 26.0 Å². The number of nitrogens with zero attached hydrogens (tertiary/aromatic N) is 2. The Morgan fingerprint density at radius 1 is 1.20 bits per heavy atom. The zero-order chi connectivity index (χ0) is 14.6. The minimum atomic E-state index is -0.144. The van der Waals surface area contributed by atoms with E-state index in [0.29, 0.717) is 5.69 Å². The zero-order valence-electron chi connectivity index (χ0n) is 12.5. The Balaban J connectivity index is 1.91. The fourth-order valence-corrected chi connectivity index (χ4v) is 2.67. The topological polar surface area (TPSA) is 26.7 Å². The number of aliphatic hydroxyl groups is 1. The molecular formula is C16H25FN2O. The van der Waals surface area contributed by atoms with Crippen molar-refractivity contribution < 1.29 is 9.50 Å². The second-order valence-electron chi connectivity index (χ2n) is 6.04. The Bertz CT molecular complexity index is 426. The quantitative estimate of drug-likeness (QED) is 0.897. The molecule has 0 amide bonds. The molecule has 3 nitrogen and oxygen atoms in total. The van der Waals surface area contributed by atoms with E-state index in [-0.39, 0.29) is 17.8 Å². The molecule has 1 aliphatic heterocycles. The summed E-state index contributed by atoms with van der Waals surface area (Å²) < 4.78 is 13.8. The van der Waals surface area contributed by atoms with E-state index in [2.05, 4.69) is 23.6 Å². The maximum absolute atomic E-state index is 13.8. The lowest BCUT2D eigenvalue weighted by Crippen LogP contribution is -2.50. The van der Waals surface area contributed by atoms with Crippen molar-refractivity contribution in [3.63, 3.8) is 0 Å². The van der Waals surface area contributed by atoms with E-state index in [0.717, 1.165) is 39.1 Å². The van der Waals surface area contributed by atoms with Crippen LogP contribution in [0, 0.1) is 11.2 Å². The normalized spacial score (nSPS) is 19.9. The fourth-order valence-electron chi connectivity index (χ4n) is 2.67. The van der Waals surface area contributed by atoms with Gasteiger partial charge in [-0.3, -0.25) is 4.90 Å². The summed E-state index contributed by atoms with van der Waals surface area (Å²) in [5.74, 6) is -0.144. The van der Waals surface area contributed by atoms with Gasteiger partial charge in [0, 0.05) is 44.7 Å². The van der Waals surface area contributed by atoms with Gasteiger partial charge < -0.3 is 10.0 Å². The number of piperazine rings is 1. The molecular weight excluding hydrogens is 255 g/mol. The van der Waals surface area contributed by atoms with Crippen molar-refractivity contribution in [1.82, 2.24) is 4.90 Å². The van der Waals surface area contributed by atoms with Crippen LogP contribution >= 0.6 is 0 Å². The van der Waals surface area contributed by atoms with Crippen molar-refractivity contribution in [3.05, 3.63) is 30.1 Å². The molecule has 1 aromatic rings. The van der Waals surface area contributed by atoms with Gasteiger partial charge >= 0.3 is 0 Å². The van der Waals surface area contributed by atoms with Crippen LogP contribution in [0.1, 0.15) is 20.3 Å². The molecule has 112 valence electrons. The highest BCUT2D eigenvalue weighted by Gasteiger charge is 2.27. The standard InChI is InChI=1S/C16H25FN2O/c1-3-16(2,13-20)12-18-8-10-19(11-9-18)15-7-5-4-6-14(15)17/h4-7,20H,3,8-13H2,1-2H3. The Labute approximate surface area is 121 Å². The SMILES string of the molecule is CCC(C)(CO)CN1CCN(c2ccccc2F)CC1. The van der Waals surface area contributed by atoms with E-state index in [1.165, 1.54) is 6.07 Å². The van der Waals surface area contributed by atoms with Crippen LogP contribution in [0.5, 0.6) is 0 Å². The third-order valence-electron chi connectivity index (χ3n) is 4.41. The van der Waals surface area contributed by atoms with Crippen molar-refractivity contribution in [2.45, 2.75) is 20.3 Å². The number of rotatable bonds is 5. The van der Waals surface area contributed by atoms with Gasteiger partial charge in [0.2, 0.25) is 0 Å². The van der Waals surface area contributed by atoms with Gasteiger partial charge in [-0.05, 0) is 18.6 Å². The maximum atomic E-state index is 13.8. The molecule has 0 bridgehead atoms. The molecule has 1 aliphatic rings. The second-order valence-corrected chi connectivity index (χ2v) is 6.04. The lowest BCUT2D eigenvalue weighted by molar-refractivity contribution is 0.0818. The summed E-state index contributed by atoms with van der Waals surface area (Å²) in [4.78, 5) is 4.48. The highest BCUT2D eigenvalue weighted by Crippen LogP contribution is 2.24. The van der Waals surface area contributed by atoms with Crippen LogP contribution in [0.25, 0.3) is 0 Å². The fraction of sp³-hybridized carbons (Fsp3) is 0.625. The van der Waals surface area contributed by atoms with E-state index < -0.39 is 0 Å². The maximum Gasteiger partial charge on any atom is 0.146 e. The molecule has 1 atom stereocenters. The van der Waals surface area contributed by atoms with Crippen molar-refractivity contribution in [2.24, 2.45) is 5.41 Å². The lowest BCUT2D eigenvalue weighted by Gasteiger charge is -2.40. The predicted octanol–water partition coefficient (Wildman–Crippen LogP) is 2.36. The summed E-state index contributed by atoms with van der Waals surface area (Å²) >= 11 is 0. The van der Waals surface area contributed by atoms with Crippen LogP contribution < -0.4 is 4.90 Å². The van der Waals surface area contributed by atoms with E-state index in [1.54, 1.807) is 6.07 Å². The number of aliphatic hydroxyl groups excluding tert-OH is 1. The third-order valence-corrected chi connectivity index (χ3v) is 4.41. The Hall–Kier alpha value is -1.13. The first-order valence-corrected chi connectivity index (χ1v) is 7.41. The first kappa shape index (κ1) is 15.3. The number of benzene rings is 1. The van der Waals surface area contributed by atoms with Crippen LogP contribution in [-0.4, -0.2) is 49.3 Å². The number of hydrogen-bond donors (Lipinski definition) is 1. The van der Waals surface area contributed by atoms with Crippen LogP contribution in [0.4, 0.5) is 10.1 Å². The van der Waals surface area contributed by atoms with Gasteiger partial charge in [0.25, 0.3) is 0 Å². The molecule has 1 unspecified atom stereocenters. The van der Waals surface area contributed by atoms with Gasteiger partial charge in [0.1, 0.15) is 5.82 Å². The largest absolute Gasteiger partial charge is 0.396 e. The number of anilines is 1. The van der Waals surface area contributed by atoms with Crippen molar-refractivity contribution in [2.75, 3.05) is 44.2 Å². The third kappa shape index (κ3) is 3.49. The molecule has 4 heteroatoms. The number of halogens is 1. The Morgan fingerprint density at radius 3 is 2.40 bits per heavy atom. The molecule has 1 heterocycles. The molecule has 1 aromatic carbocycles. The Kier molecular flexibility index (Phi) is 5.00. The predicted molar refractivity (Wildman–Crippen MR) is 80.5 cm³/mol. The highest BCUT2D eigenvalue weighted by molar-refractivity contribution is 5.47. The summed E-state index contributed by atoms with van der Waals surface area (Å²) in [6.45, 7) is 8.89. The lowest BCUT2D eigenvalue weighted by atomic mass is 9.88.